The fraction of sp³-hybridized carbons (Fsp3) is 0.529. The SMILES string of the molecule is Cc1ccccc1[S@@](=O)CC(=O)N[C@H](C)C(=O)N1CCCCC1. The van der Waals surface area contributed by atoms with Crippen molar-refractivity contribution in [3.8, 4) is 0 Å². The van der Waals surface area contributed by atoms with Crippen LogP contribution >= 0.6 is 0 Å². The fourth-order valence-electron chi connectivity index (χ4n) is 2.74. The number of aryl methyl sites for hydroxylation is 1. The van der Waals surface area contributed by atoms with Gasteiger partial charge in [-0.25, -0.2) is 0 Å². The van der Waals surface area contributed by atoms with Crippen LogP contribution in [0.3, 0.4) is 0 Å². The number of carbonyl (C=O) groups excluding carboxylic acids is 2. The second-order valence-corrected chi connectivity index (χ2v) is 7.35. The molecular weight excluding hydrogens is 312 g/mol. The minimum absolute atomic E-state index is 0.0558. The third kappa shape index (κ3) is 4.89. The van der Waals surface area contributed by atoms with Crippen LogP contribution in [0.1, 0.15) is 31.7 Å². The molecule has 1 N–H and O–H groups in total. The van der Waals surface area contributed by atoms with Crippen LogP contribution in [-0.2, 0) is 20.4 Å². The molecule has 2 atom stereocenters. The fourth-order valence-corrected chi connectivity index (χ4v) is 3.88. The number of nitrogens with zero attached hydrogens (tertiary/aromatic N) is 1. The summed E-state index contributed by atoms with van der Waals surface area (Å²) in [5, 5.41) is 2.67. The molecule has 0 aromatic heterocycles. The van der Waals surface area contributed by atoms with Crippen molar-refractivity contribution in [2.24, 2.45) is 0 Å². The average Bonchev–Trinajstić information content (AvgIpc) is 2.55. The van der Waals surface area contributed by atoms with Gasteiger partial charge in [0.15, 0.2) is 0 Å². The van der Waals surface area contributed by atoms with Gasteiger partial charge < -0.3 is 10.2 Å². The molecule has 23 heavy (non-hydrogen) atoms. The molecule has 1 aromatic rings. The molecule has 126 valence electrons. The van der Waals surface area contributed by atoms with E-state index in [0.717, 1.165) is 37.9 Å². The summed E-state index contributed by atoms with van der Waals surface area (Å²) in [7, 11) is -1.40. The molecule has 2 rings (SSSR count). The summed E-state index contributed by atoms with van der Waals surface area (Å²) in [6, 6.07) is 6.74. The van der Waals surface area contributed by atoms with Crippen LogP contribution in [0.25, 0.3) is 0 Å². The first kappa shape index (κ1) is 17.7. The third-order valence-electron chi connectivity index (χ3n) is 4.02. The lowest BCUT2D eigenvalue weighted by Gasteiger charge is -2.29. The van der Waals surface area contributed by atoms with Gasteiger partial charge in [-0.1, -0.05) is 18.2 Å². The van der Waals surface area contributed by atoms with Crippen LogP contribution in [-0.4, -0.2) is 45.8 Å². The van der Waals surface area contributed by atoms with Crippen LogP contribution in [0.2, 0.25) is 0 Å². The van der Waals surface area contributed by atoms with Crippen LogP contribution in [0.4, 0.5) is 0 Å². The number of hydrogen-bond acceptors (Lipinski definition) is 3. The maximum absolute atomic E-state index is 12.3. The maximum Gasteiger partial charge on any atom is 0.244 e. The molecule has 0 spiro atoms. The molecule has 1 aromatic carbocycles. The molecule has 5 nitrogen and oxygen atoms in total. The van der Waals surface area contributed by atoms with Crippen molar-refractivity contribution >= 4 is 22.6 Å². The highest BCUT2D eigenvalue weighted by atomic mass is 32.2. The molecular formula is C17H24N2O3S. The first-order valence-corrected chi connectivity index (χ1v) is 9.33. The van der Waals surface area contributed by atoms with Crippen molar-refractivity contribution in [3.05, 3.63) is 29.8 Å². The Labute approximate surface area is 139 Å². The van der Waals surface area contributed by atoms with Gasteiger partial charge >= 0.3 is 0 Å². The second kappa shape index (κ2) is 8.24. The molecule has 0 bridgehead atoms. The third-order valence-corrected chi connectivity index (χ3v) is 5.49. The molecule has 1 fully saturated rings. The van der Waals surface area contributed by atoms with E-state index in [1.165, 1.54) is 0 Å². The van der Waals surface area contributed by atoms with Crippen LogP contribution in [0.15, 0.2) is 29.2 Å². The van der Waals surface area contributed by atoms with Crippen molar-refractivity contribution in [1.82, 2.24) is 10.2 Å². The lowest BCUT2D eigenvalue weighted by atomic mass is 10.1. The molecule has 1 saturated heterocycles. The molecule has 1 aliphatic rings. The smallest absolute Gasteiger partial charge is 0.244 e. The number of likely N-dealkylation sites (tertiary alicyclic amines) is 1. The summed E-state index contributed by atoms with van der Waals surface area (Å²) < 4.78 is 12.3. The highest BCUT2D eigenvalue weighted by Gasteiger charge is 2.24. The summed E-state index contributed by atoms with van der Waals surface area (Å²) in [5.41, 5.74) is 0.899. The van der Waals surface area contributed by atoms with Gasteiger partial charge in [-0.3, -0.25) is 13.8 Å². The van der Waals surface area contributed by atoms with E-state index in [-0.39, 0.29) is 17.6 Å². The van der Waals surface area contributed by atoms with Crippen LogP contribution in [0.5, 0.6) is 0 Å². The molecule has 2 amide bonds. The summed E-state index contributed by atoms with van der Waals surface area (Å²) in [6.07, 6.45) is 3.19. The van der Waals surface area contributed by atoms with Gasteiger partial charge in [0.2, 0.25) is 11.8 Å². The predicted molar refractivity (Wildman–Crippen MR) is 90.5 cm³/mol. The lowest BCUT2D eigenvalue weighted by Crippen LogP contribution is -2.49. The zero-order chi connectivity index (χ0) is 16.8. The molecule has 0 saturated carbocycles. The number of piperidine rings is 1. The Morgan fingerprint density at radius 2 is 1.87 bits per heavy atom. The monoisotopic (exact) mass is 336 g/mol. The largest absolute Gasteiger partial charge is 0.344 e. The number of rotatable bonds is 5. The van der Waals surface area contributed by atoms with Gasteiger partial charge in [0.25, 0.3) is 0 Å². The summed E-state index contributed by atoms with van der Waals surface area (Å²) in [4.78, 5) is 26.8. The van der Waals surface area contributed by atoms with Crippen LogP contribution in [0, 0.1) is 6.92 Å². The second-order valence-electron chi connectivity index (χ2n) is 5.93. The minimum Gasteiger partial charge on any atom is -0.344 e. The zero-order valence-electron chi connectivity index (χ0n) is 13.7. The first-order valence-electron chi connectivity index (χ1n) is 8.01. The van der Waals surface area contributed by atoms with Gasteiger partial charge in [0.05, 0.1) is 10.8 Å². The van der Waals surface area contributed by atoms with Crippen molar-refractivity contribution in [2.75, 3.05) is 18.8 Å². The van der Waals surface area contributed by atoms with E-state index >= 15 is 0 Å². The Balaban J connectivity index is 1.87. The molecule has 1 aliphatic heterocycles. The van der Waals surface area contributed by atoms with E-state index in [0.29, 0.717) is 4.90 Å². The number of benzene rings is 1. The highest BCUT2D eigenvalue weighted by molar-refractivity contribution is 7.85. The van der Waals surface area contributed by atoms with Gasteiger partial charge in [0.1, 0.15) is 11.8 Å². The Bertz CT molecular complexity index is 597. The van der Waals surface area contributed by atoms with E-state index in [1.807, 2.05) is 19.1 Å². The molecule has 1 heterocycles. The average molecular weight is 336 g/mol. The van der Waals surface area contributed by atoms with E-state index in [2.05, 4.69) is 5.32 Å². The quantitative estimate of drug-likeness (QED) is 0.888. The summed E-state index contributed by atoms with van der Waals surface area (Å²) in [6.45, 7) is 5.07. The Kier molecular flexibility index (Phi) is 6.33. The van der Waals surface area contributed by atoms with Crippen molar-refractivity contribution < 1.29 is 13.8 Å². The first-order chi connectivity index (χ1) is 11.0. The van der Waals surface area contributed by atoms with Gasteiger partial charge in [-0.05, 0) is 44.7 Å². The molecule has 6 heteroatoms. The van der Waals surface area contributed by atoms with E-state index in [9.17, 15) is 13.8 Å². The number of carbonyl (C=O) groups is 2. The lowest BCUT2D eigenvalue weighted by molar-refractivity contribution is -0.136. The Morgan fingerprint density at radius 3 is 2.52 bits per heavy atom. The van der Waals surface area contributed by atoms with Crippen molar-refractivity contribution in [1.29, 1.82) is 0 Å². The summed E-state index contributed by atoms with van der Waals surface area (Å²) >= 11 is 0. The zero-order valence-corrected chi connectivity index (χ0v) is 14.5. The van der Waals surface area contributed by atoms with E-state index in [4.69, 9.17) is 0 Å². The van der Waals surface area contributed by atoms with Gasteiger partial charge in [-0.2, -0.15) is 0 Å². The molecule has 0 unspecified atom stereocenters. The van der Waals surface area contributed by atoms with E-state index < -0.39 is 16.8 Å². The molecule has 0 radical (unpaired) electrons. The Hall–Kier alpha value is -1.69. The van der Waals surface area contributed by atoms with E-state index in [1.54, 1.807) is 24.0 Å². The number of hydrogen-bond donors (Lipinski definition) is 1. The molecule has 0 aliphatic carbocycles. The van der Waals surface area contributed by atoms with Crippen LogP contribution < -0.4 is 5.32 Å². The number of nitrogens with one attached hydrogen (secondary N) is 1. The topological polar surface area (TPSA) is 66.5 Å². The normalized spacial score (nSPS) is 17.4. The van der Waals surface area contributed by atoms with Gasteiger partial charge in [0, 0.05) is 18.0 Å². The van der Waals surface area contributed by atoms with Crippen molar-refractivity contribution in [2.45, 2.75) is 44.0 Å². The van der Waals surface area contributed by atoms with Gasteiger partial charge in [-0.15, -0.1) is 0 Å². The predicted octanol–water partition coefficient (Wildman–Crippen LogP) is 1.62. The standard InChI is InChI=1S/C17H24N2O3S/c1-13-8-4-5-9-15(13)23(22)12-16(20)18-14(2)17(21)19-10-6-3-7-11-19/h4-5,8-9,14H,3,6-7,10-12H2,1-2H3,(H,18,20)/t14-,23+/m1/s1. The Morgan fingerprint density at radius 1 is 1.22 bits per heavy atom. The summed E-state index contributed by atoms with van der Waals surface area (Å²) in [5.74, 6) is -0.535. The van der Waals surface area contributed by atoms with Crippen molar-refractivity contribution in [3.63, 3.8) is 0 Å². The minimum atomic E-state index is -1.40. The maximum atomic E-state index is 12.3. The number of amides is 2. The highest BCUT2D eigenvalue weighted by Crippen LogP contribution is 2.13.